The first-order chi connectivity index (χ1) is 8.16. The average Bonchev–Trinajstić information content (AvgIpc) is 2.33. The van der Waals surface area contributed by atoms with E-state index in [9.17, 15) is 0 Å². The lowest BCUT2D eigenvalue weighted by Crippen LogP contribution is -2.58. The van der Waals surface area contributed by atoms with Crippen molar-refractivity contribution in [3.63, 3.8) is 0 Å². The van der Waals surface area contributed by atoms with Crippen molar-refractivity contribution in [2.24, 2.45) is 0 Å². The van der Waals surface area contributed by atoms with Crippen molar-refractivity contribution in [1.82, 2.24) is 0 Å². The molecule has 0 aromatic carbocycles. The second-order valence-corrected chi connectivity index (χ2v) is 12.3. The molecule has 2 fully saturated rings. The summed E-state index contributed by atoms with van der Waals surface area (Å²) in [7, 11) is -2.32. The number of ether oxygens (including phenoxy) is 1. The highest BCUT2D eigenvalue weighted by molar-refractivity contribution is 6.73. The van der Waals surface area contributed by atoms with Gasteiger partial charge in [-0.05, 0) is 0 Å². The van der Waals surface area contributed by atoms with Gasteiger partial charge in [0.05, 0.1) is 12.7 Å². The Morgan fingerprint density at radius 1 is 1.00 bits per heavy atom. The monoisotopic (exact) mass is 271 g/mol. The van der Waals surface area contributed by atoms with Crippen molar-refractivity contribution in [3.8, 4) is 0 Å². The molecule has 104 valence electrons. The number of rotatable bonds is 0. The Morgan fingerprint density at radius 3 is 2.17 bits per heavy atom. The lowest BCUT2D eigenvalue weighted by atomic mass is 10.1. The first-order valence-electron chi connectivity index (χ1n) is 6.95. The van der Waals surface area contributed by atoms with Crippen molar-refractivity contribution in [3.05, 3.63) is 6.61 Å². The van der Waals surface area contributed by atoms with E-state index in [2.05, 4.69) is 41.5 Å². The zero-order valence-corrected chi connectivity index (χ0v) is 13.6. The van der Waals surface area contributed by atoms with Crippen molar-refractivity contribution in [2.75, 3.05) is 6.61 Å². The maximum atomic E-state index is 6.60. The Balaban J connectivity index is 2.35. The van der Waals surface area contributed by atoms with Gasteiger partial charge in [-0.1, -0.05) is 41.5 Å². The fraction of sp³-hybridized carbons (Fsp3) is 0.929. The van der Waals surface area contributed by atoms with Crippen LogP contribution in [0.1, 0.15) is 54.4 Å². The van der Waals surface area contributed by atoms with E-state index in [0.29, 0.717) is 6.61 Å². The molecule has 0 aromatic rings. The maximum absolute atomic E-state index is 6.60. The molecule has 0 aromatic heterocycles. The smallest absolute Gasteiger partial charge is 0.349 e. The first kappa shape index (κ1) is 14.4. The van der Waals surface area contributed by atoms with Gasteiger partial charge in [-0.15, -0.1) is 0 Å². The van der Waals surface area contributed by atoms with Crippen LogP contribution in [0.5, 0.6) is 0 Å². The van der Waals surface area contributed by atoms with Gasteiger partial charge in [-0.2, -0.15) is 4.74 Å². The molecular formula is C14H27O3Si+. The molecule has 0 aliphatic carbocycles. The summed E-state index contributed by atoms with van der Waals surface area (Å²) < 4.78 is 18.6. The standard InChI is InChI=1S/C14H27O3Si/c1-13(2,3)18(14(4,5)6)16-10-12-9-11(17-18)7-8-15-12/h8,11-12H,7,9-10H2,1-6H3/q+1/t11?,12-/m1/s1. The van der Waals surface area contributed by atoms with Crippen LogP contribution in [0.3, 0.4) is 0 Å². The molecule has 2 atom stereocenters. The molecule has 2 aliphatic rings. The van der Waals surface area contributed by atoms with Gasteiger partial charge in [0.1, 0.15) is 12.5 Å². The highest BCUT2D eigenvalue weighted by Crippen LogP contribution is 2.54. The molecule has 2 bridgehead atoms. The van der Waals surface area contributed by atoms with E-state index in [0.717, 1.165) is 12.8 Å². The van der Waals surface area contributed by atoms with Crippen LogP contribution in [-0.2, 0) is 13.6 Å². The summed E-state index contributed by atoms with van der Waals surface area (Å²) in [5.41, 5.74) is 0. The molecule has 2 aliphatic heterocycles. The maximum Gasteiger partial charge on any atom is 0.349 e. The van der Waals surface area contributed by atoms with Gasteiger partial charge in [0.15, 0.2) is 0 Å². The predicted molar refractivity (Wildman–Crippen MR) is 74.4 cm³/mol. The Labute approximate surface area is 112 Å². The van der Waals surface area contributed by atoms with Crippen LogP contribution in [0.15, 0.2) is 0 Å². The summed E-state index contributed by atoms with van der Waals surface area (Å²) >= 11 is 0. The largest absolute Gasteiger partial charge is 0.391 e. The van der Waals surface area contributed by atoms with Gasteiger partial charge in [0.25, 0.3) is 0 Å². The lowest BCUT2D eigenvalue weighted by molar-refractivity contribution is 0.00767. The highest BCUT2D eigenvalue weighted by Gasteiger charge is 2.61. The molecule has 3 nitrogen and oxygen atoms in total. The van der Waals surface area contributed by atoms with Crippen LogP contribution in [-0.4, -0.2) is 27.4 Å². The molecule has 2 rings (SSSR count). The van der Waals surface area contributed by atoms with Crippen LogP contribution in [0.4, 0.5) is 0 Å². The van der Waals surface area contributed by atoms with Crippen LogP contribution in [0.2, 0.25) is 10.1 Å². The van der Waals surface area contributed by atoms with Gasteiger partial charge < -0.3 is 8.85 Å². The normalized spacial score (nSPS) is 32.6. The molecule has 2 saturated heterocycles. The highest BCUT2D eigenvalue weighted by atomic mass is 28.4. The molecular weight excluding hydrogens is 244 g/mol. The van der Waals surface area contributed by atoms with Crippen LogP contribution >= 0.6 is 0 Å². The van der Waals surface area contributed by atoms with Gasteiger partial charge >= 0.3 is 8.56 Å². The minimum atomic E-state index is -2.32. The van der Waals surface area contributed by atoms with Crippen molar-refractivity contribution in [2.45, 2.75) is 76.7 Å². The summed E-state index contributed by atoms with van der Waals surface area (Å²) in [6.45, 7) is 16.1. The molecule has 0 saturated carbocycles. The van der Waals surface area contributed by atoms with Crippen LogP contribution < -0.4 is 0 Å². The van der Waals surface area contributed by atoms with E-state index in [4.69, 9.17) is 13.6 Å². The molecule has 4 heteroatoms. The lowest BCUT2D eigenvalue weighted by Gasteiger charge is -2.49. The topological polar surface area (TPSA) is 27.7 Å². The van der Waals surface area contributed by atoms with E-state index in [1.54, 1.807) is 0 Å². The molecule has 0 amide bonds. The minimum absolute atomic E-state index is 0.0583. The van der Waals surface area contributed by atoms with E-state index in [1.807, 2.05) is 6.61 Å². The van der Waals surface area contributed by atoms with Gasteiger partial charge in [0, 0.05) is 16.5 Å². The number of hydrogen-bond acceptors (Lipinski definition) is 3. The SMILES string of the molecule is CC(C)(C)[Si]1(C(C)(C)C)OC[C@H]2CC(C[CH+]O2)O1. The summed E-state index contributed by atoms with van der Waals surface area (Å²) in [6.07, 6.45) is 2.32. The fourth-order valence-electron chi connectivity index (χ4n) is 3.34. The third-order valence-corrected chi connectivity index (χ3v) is 9.14. The van der Waals surface area contributed by atoms with Crippen molar-refractivity contribution < 1.29 is 13.6 Å². The second-order valence-electron chi connectivity index (χ2n) is 7.56. The zero-order valence-electron chi connectivity index (χ0n) is 12.6. The Bertz CT molecular complexity index is 289. The summed E-state index contributed by atoms with van der Waals surface area (Å²) in [5, 5.41) is 0.117. The molecule has 0 spiro atoms. The quantitative estimate of drug-likeness (QED) is 0.495. The van der Waals surface area contributed by atoms with E-state index in [-0.39, 0.29) is 22.3 Å². The number of hydrogen-bond donors (Lipinski definition) is 0. The van der Waals surface area contributed by atoms with Crippen molar-refractivity contribution in [1.29, 1.82) is 0 Å². The molecule has 2 heterocycles. The van der Waals surface area contributed by atoms with E-state index in [1.165, 1.54) is 0 Å². The summed E-state index contributed by atoms with van der Waals surface area (Å²) in [6, 6.07) is 0. The molecule has 18 heavy (non-hydrogen) atoms. The van der Waals surface area contributed by atoms with E-state index < -0.39 is 8.56 Å². The van der Waals surface area contributed by atoms with Gasteiger partial charge in [0.2, 0.25) is 6.61 Å². The Hall–Kier alpha value is -0.0331. The minimum Gasteiger partial charge on any atom is -0.391 e. The van der Waals surface area contributed by atoms with Gasteiger partial charge in [-0.25, -0.2) is 0 Å². The average molecular weight is 271 g/mol. The second kappa shape index (κ2) is 4.51. The third-order valence-electron chi connectivity index (χ3n) is 3.95. The van der Waals surface area contributed by atoms with Crippen molar-refractivity contribution >= 4 is 8.56 Å². The predicted octanol–water partition coefficient (Wildman–Crippen LogP) is 3.78. The zero-order chi connectivity index (χ0) is 13.6. The van der Waals surface area contributed by atoms with Crippen LogP contribution in [0, 0.1) is 6.61 Å². The third kappa shape index (κ3) is 2.36. The fourth-order valence-corrected chi connectivity index (χ4v) is 8.31. The summed E-state index contributed by atoms with van der Waals surface area (Å²) in [4.78, 5) is 0. The molecule has 0 N–H and O–H groups in total. The first-order valence-corrected chi connectivity index (χ1v) is 8.76. The van der Waals surface area contributed by atoms with Crippen LogP contribution in [0.25, 0.3) is 0 Å². The molecule has 1 unspecified atom stereocenters. The number of fused-ring (bicyclic) bond motifs is 2. The molecule has 0 radical (unpaired) electrons. The van der Waals surface area contributed by atoms with Gasteiger partial charge in [-0.3, -0.25) is 0 Å². The van der Waals surface area contributed by atoms with E-state index >= 15 is 0 Å². The Morgan fingerprint density at radius 2 is 1.61 bits per heavy atom. The Kier molecular flexibility index (Phi) is 3.60. The summed E-state index contributed by atoms with van der Waals surface area (Å²) in [5.74, 6) is 0.